The summed E-state index contributed by atoms with van der Waals surface area (Å²) in [6.45, 7) is 1.80. The first-order valence-corrected chi connectivity index (χ1v) is 5.68. The summed E-state index contributed by atoms with van der Waals surface area (Å²) < 4.78 is 0. The smallest absolute Gasteiger partial charge is 0.272 e. The monoisotopic (exact) mass is 265 g/mol. The van der Waals surface area contributed by atoms with Gasteiger partial charge in [0.1, 0.15) is 17.3 Å². The highest BCUT2D eigenvalue weighted by Crippen LogP contribution is 2.16. The molecule has 0 aromatic carbocycles. The fraction of sp³-hybridized carbons (Fsp3) is 0.182. The molecule has 0 aliphatic carbocycles. The van der Waals surface area contributed by atoms with Crippen LogP contribution in [0.4, 0.5) is 5.82 Å². The summed E-state index contributed by atoms with van der Waals surface area (Å²) in [4.78, 5) is 22.8. The van der Waals surface area contributed by atoms with E-state index in [0.717, 1.165) is 0 Å². The van der Waals surface area contributed by atoms with Gasteiger partial charge in [-0.15, -0.1) is 0 Å². The third kappa shape index (κ3) is 2.60. The Morgan fingerprint density at radius 3 is 3.00 bits per heavy atom. The molecule has 0 aliphatic rings. The number of halogens is 1. The van der Waals surface area contributed by atoms with Crippen molar-refractivity contribution in [3.63, 3.8) is 0 Å². The molecule has 1 atom stereocenters. The molecule has 0 bridgehead atoms. The van der Waals surface area contributed by atoms with Crippen molar-refractivity contribution in [1.82, 2.24) is 20.3 Å². The van der Waals surface area contributed by atoms with Crippen LogP contribution in [0.3, 0.4) is 0 Å². The molecule has 2 aromatic rings. The topological polar surface area (TPSA) is 96.7 Å². The normalized spacial score (nSPS) is 12.1. The van der Waals surface area contributed by atoms with Gasteiger partial charge in [0.15, 0.2) is 0 Å². The maximum Gasteiger partial charge on any atom is 0.272 e. The molecule has 2 heterocycles. The minimum atomic E-state index is -0.392. The maximum atomic E-state index is 12.0. The van der Waals surface area contributed by atoms with E-state index in [1.54, 1.807) is 19.3 Å². The van der Waals surface area contributed by atoms with Crippen LogP contribution in [0.15, 0.2) is 24.5 Å². The number of nitrogens with two attached hydrogens (primary N) is 1. The molecule has 18 heavy (non-hydrogen) atoms. The van der Waals surface area contributed by atoms with E-state index >= 15 is 0 Å². The summed E-state index contributed by atoms with van der Waals surface area (Å²) in [5.74, 6) is 0.509. The minimum Gasteiger partial charge on any atom is -0.384 e. The van der Waals surface area contributed by atoms with E-state index in [9.17, 15) is 4.79 Å². The second kappa shape index (κ2) is 5.05. The van der Waals surface area contributed by atoms with Gasteiger partial charge in [-0.1, -0.05) is 11.6 Å². The maximum absolute atomic E-state index is 12.0. The van der Waals surface area contributed by atoms with Gasteiger partial charge in [0.2, 0.25) is 0 Å². The highest BCUT2D eigenvalue weighted by molar-refractivity contribution is 6.33. The number of nitrogens with zero attached hydrogens (tertiary/aromatic N) is 2. The van der Waals surface area contributed by atoms with Crippen LogP contribution in [0.5, 0.6) is 0 Å². The molecule has 0 spiro atoms. The van der Waals surface area contributed by atoms with E-state index in [1.807, 2.05) is 0 Å². The molecule has 0 saturated heterocycles. The van der Waals surface area contributed by atoms with Crippen LogP contribution in [0.1, 0.15) is 29.3 Å². The average molecular weight is 266 g/mol. The van der Waals surface area contributed by atoms with Crippen molar-refractivity contribution in [2.75, 3.05) is 5.73 Å². The summed E-state index contributed by atoms with van der Waals surface area (Å²) in [5.41, 5.74) is 5.63. The average Bonchev–Trinajstić information content (AvgIpc) is 2.85. The van der Waals surface area contributed by atoms with Crippen LogP contribution < -0.4 is 11.1 Å². The number of rotatable bonds is 3. The molecule has 0 fully saturated rings. The second-order valence-corrected chi connectivity index (χ2v) is 4.14. The van der Waals surface area contributed by atoms with Gasteiger partial charge in [-0.3, -0.25) is 4.79 Å². The number of pyridine rings is 1. The summed E-state index contributed by atoms with van der Waals surface area (Å²) in [6, 6.07) is 2.80. The molecular formula is C11H12ClN5O. The van der Waals surface area contributed by atoms with Gasteiger partial charge in [-0.25, -0.2) is 9.97 Å². The number of nitrogens with one attached hydrogen (secondary N) is 2. The number of aromatic nitrogens is 3. The van der Waals surface area contributed by atoms with Crippen molar-refractivity contribution in [3.8, 4) is 0 Å². The first-order chi connectivity index (χ1) is 8.58. The predicted molar refractivity (Wildman–Crippen MR) is 68.1 cm³/mol. The molecule has 2 aromatic heterocycles. The summed E-state index contributed by atoms with van der Waals surface area (Å²) in [5, 5.41) is 2.99. The third-order valence-corrected chi connectivity index (χ3v) is 2.66. The number of H-pyrrole nitrogens is 1. The SMILES string of the molecule is CC(NC(=O)c1nc(N)ccc1Cl)c1ncc[nH]1. The van der Waals surface area contributed by atoms with E-state index in [-0.39, 0.29) is 22.6 Å². The lowest BCUT2D eigenvalue weighted by atomic mass is 10.2. The number of hydrogen-bond acceptors (Lipinski definition) is 4. The predicted octanol–water partition coefficient (Wildman–Crippen LogP) is 1.53. The first-order valence-electron chi connectivity index (χ1n) is 5.30. The van der Waals surface area contributed by atoms with Crippen molar-refractivity contribution in [2.24, 2.45) is 0 Å². The van der Waals surface area contributed by atoms with E-state index in [2.05, 4.69) is 20.3 Å². The van der Waals surface area contributed by atoms with Gasteiger partial charge >= 0.3 is 0 Å². The summed E-state index contributed by atoms with van der Waals surface area (Å²) in [6.07, 6.45) is 3.30. The molecule has 4 N–H and O–H groups in total. The Kier molecular flexibility index (Phi) is 3.47. The molecule has 1 unspecified atom stereocenters. The quantitative estimate of drug-likeness (QED) is 0.784. The molecule has 0 aliphatic heterocycles. The number of anilines is 1. The Morgan fingerprint density at radius 1 is 1.56 bits per heavy atom. The van der Waals surface area contributed by atoms with E-state index in [1.165, 1.54) is 12.1 Å². The van der Waals surface area contributed by atoms with Crippen LogP contribution in [-0.4, -0.2) is 20.9 Å². The Morgan fingerprint density at radius 2 is 2.33 bits per heavy atom. The Hall–Kier alpha value is -2.08. The standard InChI is InChI=1S/C11H12ClN5O/c1-6(10-14-4-5-15-10)16-11(18)9-7(12)2-3-8(13)17-9/h2-6H,1H3,(H2,13,17)(H,14,15)(H,16,18). The second-order valence-electron chi connectivity index (χ2n) is 3.74. The van der Waals surface area contributed by atoms with Crippen molar-refractivity contribution in [3.05, 3.63) is 41.1 Å². The molecule has 94 valence electrons. The van der Waals surface area contributed by atoms with Gasteiger partial charge in [-0.05, 0) is 19.1 Å². The van der Waals surface area contributed by atoms with Gasteiger partial charge in [0, 0.05) is 12.4 Å². The first kappa shape index (κ1) is 12.4. The number of carbonyl (C=O) groups is 1. The Bertz CT molecular complexity index is 555. The molecule has 0 saturated carbocycles. The summed E-state index contributed by atoms with van der Waals surface area (Å²) >= 11 is 5.90. The van der Waals surface area contributed by atoms with E-state index < -0.39 is 5.91 Å². The van der Waals surface area contributed by atoms with E-state index in [0.29, 0.717) is 5.82 Å². The lowest BCUT2D eigenvalue weighted by molar-refractivity contribution is 0.0933. The van der Waals surface area contributed by atoms with Crippen LogP contribution in [0.2, 0.25) is 5.02 Å². The van der Waals surface area contributed by atoms with Crippen molar-refractivity contribution in [1.29, 1.82) is 0 Å². The van der Waals surface area contributed by atoms with Crippen LogP contribution in [0.25, 0.3) is 0 Å². The largest absolute Gasteiger partial charge is 0.384 e. The molecule has 0 radical (unpaired) electrons. The lowest BCUT2D eigenvalue weighted by Gasteiger charge is -2.11. The fourth-order valence-electron chi connectivity index (χ4n) is 1.46. The highest BCUT2D eigenvalue weighted by atomic mass is 35.5. The molecular weight excluding hydrogens is 254 g/mol. The van der Waals surface area contributed by atoms with Crippen LogP contribution in [0, 0.1) is 0 Å². The zero-order chi connectivity index (χ0) is 13.1. The number of imidazole rings is 1. The Balaban J connectivity index is 2.15. The van der Waals surface area contributed by atoms with Crippen molar-refractivity contribution >= 4 is 23.3 Å². The highest BCUT2D eigenvalue weighted by Gasteiger charge is 2.17. The fourth-order valence-corrected chi connectivity index (χ4v) is 1.66. The zero-order valence-corrected chi connectivity index (χ0v) is 10.4. The number of aromatic amines is 1. The van der Waals surface area contributed by atoms with E-state index in [4.69, 9.17) is 17.3 Å². The zero-order valence-electron chi connectivity index (χ0n) is 9.64. The van der Waals surface area contributed by atoms with Gasteiger partial charge in [0.05, 0.1) is 11.1 Å². The number of amides is 1. The molecule has 6 nitrogen and oxygen atoms in total. The van der Waals surface area contributed by atoms with Crippen molar-refractivity contribution < 1.29 is 4.79 Å². The van der Waals surface area contributed by atoms with Crippen LogP contribution in [-0.2, 0) is 0 Å². The number of hydrogen-bond donors (Lipinski definition) is 3. The Labute approximate surface area is 109 Å². The number of carbonyl (C=O) groups excluding carboxylic acids is 1. The molecule has 1 amide bonds. The van der Waals surface area contributed by atoms with Gasteiger partial charge in [0.25, 0.3) is 5.91 Å². The van der Waals surface area contributed by atoms with Crippen LogP contribution >= 0.6 is 11.6 Å². The third-order valence-electron chi connectivity index (χ3n) is 2.36. The number of nitrogen functional groups attached to an aromatic ring is 1. The van der Waals surface area contributed by atoms with Crippen molar-refractivity contribution in [2.45, 2.75) is 13.0 Å². The minimum absolute atomic E-state index is 0.107. The molecule has 7 heteroatoms. The molecule has 2 rings (SSSR count). The summed E-state index contributed by atoms with van der Waals surface area (Å²) in [7, 11) is 0. The van der Waals surface area contributed by atoms with Gasteiger partial charge < -0.3 is 16.0 Å². The lowest BCUT2D eigenvalue weighted by Crippen LogP contribution is -2.28. The van der Waals surface area contributed by atoms with Gasteiger partial charge in [-0.2, -0.15) is 0 Å².